The maximum Gasteiger partial charge on any atom is 0.187 e. The molecule has 200 valence electrons. The number of carbonyl (C=O) groups excluding carboxylic acids is 1. The summed E-state index contributed by atoms with van der Waals surface area (Å²) in [6, 6.07) is 0. The largest absolute Gasteiger partial charge is 0.392 e. The Bertz CT molecular complexity index is 900. The van der Waals surface area contributed by atoms with E-state index in [0.29, 0.717) is 24.3 Å². The molecular formula is C27H44O8. The van der Waals surface area contributed by atoms with E-state index < -0.39 is 69.7 Å². The van der Waals surface area contributed by atoms with Gasteiger partial charge in [-0.25, -0.2) is 0 Å². The van der Waals surface area contributed by atoms with Crippen molar-refractivity contribution in [2.45, 2.75) is 121 Å². The van der Waals surface area contributed by atoms with Gasteiger partial charge in [0.1, 0.15) is 5.60 Å². The standard InChI is InChI=1S/C27H44O8/c1-14(2)6-7-20(31)25(5,33)19-8-9-26(34)15-10-21(32)27(35)13-17(29)16(28)11-24(27,4)22(15)18(30)12-23(19,26)3/h10,14,16-20,22,28-31,33-35H,6-9,11-13H2,1-5H3/t16-,17+,18+,19-,20+,22-,23+,24+,25+,26+,27+/m0/s1. The molecule has 0 aromatic heterocycles. The van der Waals surface area contributed by atoms with Crippen molar-refractivity contribution in [1.82, 2.24) is 0 Å². The zero-order valence-corrected chi connectivity index (χ0v) is 21.6. The Hall–Kier alpha value is -0.870. The lowest BCUT2D eigenvalue weighted by Gasteiger charge is -2.64. The van der Waals surface area contributed by atoms with Crippen LogP contribution in [0.2, 0.25) is 0 Å². The van der Waals surface area contributed by atoms with Crippen molar-refractivity contribution in [1.29, 1.82) is 0 Å². The summed E-state index contributed by atoms with van der Waals surface area (Å²) in [6.07, 6.45) is -1.83. The first-order chi connectivity index (χ1) is 16.0. The number of hydrogen-bond acceptors (Lipinski definition) is 8. The fourth-order valence-corrected chi connectivity index (χ4v) is 8.42. The Balaban J connectivity index is 1.76. The Labute approximate surface area is 207 Å². The third kappa shape index (κ3) is 3.55. The molecule has 0 spiro atoms. The lowest BCUT2D eigenvalue weighted by Crippen LogP contribution is -2.71. The van der Waals surface area contributed by atoms with Crippen molar-refractivity contribution in [2.75, 3.05) is 0 Å². The average molecular weight is 497 g/mol. The second-order valence-electron chi connectivity index (χ2n) is 13.1. The Morgan fingerprint density at radius 2 is 1.54 bits per heavy atom. The van der Waals surface area contributed by atoms with Crippen LogP contribution in [0.1, 0.15) is 79.6 Å². The van der Waals surface area contributed by atoms with E-state index in [2.05, 4.69) is 0 Å². The average Bonchev–Trinajstić information content (AvgIpc) is 3.01. The number of hydrogen-bond donors (Lipinski definition) is 7. The third-order valence-electron chi connectivity index (χ3n) is 10.6. The van der Waals surface area contributed by atoms with Gasteiger partial charge in [-0.15, -0.1) is 0 Å². The Kier molecular flexibility index (Phi) is 6.46. The van der Waals surface area contributed by atoms with Gasteiger partial charge in [0.25, 0.3) is 0 Å². The van der Waals surface area contributed by atoms with Crippen LogP contribution in [0.25, 0.3) is 0 Å². The fourth-order valence-electron chi connectivity index (χ4n) is 8.42. The molecular weight excluding hydrogens is 452 g/mol. The van der Waals surface area contributed by atoms with Crippen molar-refractivity contribution in [3.05, 3.63) is 11.6 Å². The van der Waals surface area contributed by atoms with Crippen LogP contribution in [0, 0.1) is 28.6 Å². The van der Waals surface area contributed by atoms with Crippen molar-refractivity contribution in [3.63, 3.8) is 0 Å². The molecule has 11 atom stereocenters. The van der Waals surface area contributed by atoms with Gasteiger partial charge in [0, 0.05) is 23.2 Å². The first-order valence-corrected chi connectivity index (χ1v) is 13.1. The van der Waals surface area contributed by atoms with Crippen LogP contribution in [-0.2, 0) is 4.79 Å². The summed E-state index contributed by atoms with van der Waals surface area (Å²) in [7, 11) is 0. The molecule has 0 aromatic rings. The molecule has 0 unspecified atom stereocenters. The minimum Gasteiger partial charge on any atom is -0.392 e. The normalized spacial score (nSPS) is 50.1. The highest BCUT2D eigenvalue weighted by Crippen LogP contribution is 2.69. The topological polar surface area (TPSA) is 159 Å². The predicted molar refractivity (Wildman–Crippen MR) is 128 cm³/mol. The smallest absolute Gasteiger partial charge is 0.187 e. The summed E-state index contributed by atoms with van der Waals surface area (Å²) >= 11 is 0. The van der Waals surface area contributed by atoms with Crippen LogP contribution in [0.4, 0.5) is 0 Å². The summed E-state index contributed by atoms with van der Waals surface area (Å²) in [4.78, 5) is 13.3. The maximum atomic E-state index is 13.3. The molecule has 4 aliphatic carbocycles. The monoisotopic (exact) mass is 496 g/mol. The van der Waals surface area contributed by atoms with Crippen molar-refractivity contribution in [3.8, 4) is 0 Å². The van der Waals surface area contributed by atoms with E-state index in [4.69, 9.17) is 0 Å². The minimum atomic E-state index is -1.97. The zero-order chi connectivity index (χ0) is 26.4. The molecule has 3 saturated carbocycles. The second-order valence-corrected chi connectivity index (χ2v) is 13.1. The molecule has 4 aliphatic rings. The predicted octanol–water partition coefficient (Wildman–Crippen LogP) is 0.825. The summed E-state index contributed by atoms with van der Waals surface area (Å²) in [5.74, 6) is -1.63. The van der Waals surface area contributed by atoms with Gasteiger partial charge < -0.3 is 35.7 Å². The van der Waals surface area contributed by atoms with Gasteiger partial charge in [0.15, 0.2) is 5.78 Å². The number of fused-ring (bicyclic) bond motifs is 5. The van der Waals surface area contributed by atoms with Crippen LogP contribution in [0.15, 0.2) is 11.6 Å². The second kappa shape index (κ2) is 8.32. The molecule has 3 fully saturated rings. The quantitative estimate of drug-likeness (QED) is 0.295. The summed E-state index contributed by atoms with van der Waals surface area (Å²) < 4.78 is 0. The number of carbonyl (C=O) groups is 1. The zero-order valence-electron chi connectivity index (χ0n) is 21.6. The number of aliphatic hydroxyl groups excluding tert-OH is 4. The van der Waals surface area contributed by atoms with Crippen LogP contribution in [-0.4, -0.2) is 82.7 Å². The van der Waals surface area contributed by atoms with E-state index in [0.717, 1.165) is 6.42 Å². The summed E-state index contributed by atoms with van der Waals surface area (Å²) in [5.41, 5.74) is -7.02. The van der Waals surface area contributed by atoms with Gasteiger partial charge in [0.05, 0.1) is 35.6 Å². The first kappa shape index (κ1) is 27.2. The molecule has 8 nitrogen and oxygen atoms in total. The highest BCUT2D eigenvalue weighted by atomic mass is 16.3. The van der Waals surface area contributed by atoms with Crippen LogP contribution in [0.3, 0.4) is 0 Å². The maximum absolute atomic E-state index is 13.3. The third-order valence-corrected chi connectivity index (χ3v) is 10.6. The van der Waals surface area contributed by atoms with Gasteiger partial charge in [-0.3, -0.25) is 4.79 Å². The molecule has 0 bridgehead atoms. The van der Waals surface area contributed by atoms with Crippen LogP contribution < -0.4 is 0 Å². The first-order valence-electron chi connectivity index (χ1n) is 13.1. The molecule has 8 heteroatoms. The number of ketones is 1. The van der Waals surface area contributed by atoms with Crippen molar-refractivity contribution < 1.29 is 40.5 Å². The van der Waals surface area contributed by atoms with Gasteiger partial charge in [0.2, 0.25) is 0 Å². The van der Waals surface area contributed by atoms with Crippen molar-refractivity contribution >= 4 is 5.78 Å². The van der Waals surface area contributed by atoms with E-state index >= 15 is 0 Å². The molecule has 0 saturated heterocycles. The van der Waals surface area contributed by atoms with Crippen LogP contribution >= 0.6 is 0 Å². The van der Waals surface area contributed by atoms with Gasteiger partial charge in [-0.2, -0.15) is 0 Å². The highest BCUT2D eigenvalue weighted by Gasteiger charge is 2.73. The van der Waals surface area contributed by atoms with E-state index in [-0.39, 0.29) is 25.7 Å². The molecule has 0 radical (unpaired) electrons. The SMILES string of the molecule is CC(C)CC[C@@H](O)[C@](C)(O)[C@H]1CC[C@@]2(O)C3=CC(=O)[C@]4(O)C[C@@H](O)[C@@H](O)C[C@]4(C)[C@@H]3[C@H](O)C[C@]12C. The number of aliphatic hydroxyl groups is 7. The van der Waals surface area contributed by atoms with Gasteiger partial charge in [-0.1, -0.05) is 27.7 Å². The molecule has 0 heterocycles. The molecule has 35 heavy (non-hydrogen) atoms. The fraction of sp³-hybridized carbons (Fsp3) is 0.889. The Morgan fingerprint density at radius 3 is 2.14 bits per heavy atom. The molecule has 7 N–H and O–H groups in total. The molecule has 0 aromatic carbocycles. The summed E-state index contributed by atoms with van der Waals surface area (Å²) in [6.45, 7) is 9.14. The van der Waals surface area contributed by atoms with Gasteiger partial charge in [-0.05, 0) is 68.9 Å². The molecule has 0 aliphatic heterocycles. The lowest BCUT2D eigenvalue weighted by atomic mass is 9.43. The van der Waals surface area contributed by atoms with E-state index in [1.54, 1.807) is 13.8 Å². The molecule has 4 rings (SSSR count). The number of rotatable bonds is 5. The van der Waals surface area contributed by atoms with E-state index in [1.807, 2.05) is 20.8 Å². The summed E-state index contributed by atoms with van der Waals surface area (Å²) in [5, 5.41) is 78.4. The van der Waals surface area contributed by atoms with Crippen LogP contribution in [0.5, 0.6) is 0 Å². The minimum absolute atomic E-state index is 0.0989. The highest BCUT2D eigenvalue weighted by molar-refractivity contribution is 6.00. The van der Waals surface area contributed by atoms with Gasteiger partial charge >= 0.3 is 0 Å². The Morgan fingerprint density at radius 1 is 0.971 bits per heavy atom. The van der Waals surface area contributed by atoms with Crippen molar-refractivity contribution in [2.24, 2.45) is 28.6 Å². The molecule has 0 amide bonds. The lowest BCUT2D eigenvalue weighted by molar-refractivity contribution is -0.228. The van der Waals surface area contributed by atoms with E-state index in [9.17, 15) is 40.5 Å². The van der Waals surface area contributed by atoms with E-state index in [1.165, 1.54) is 6.08 Å².